The Morgan fingerprint density at radius 1 is 1.22 bits per heavy atom. The lowest BCUT2D eigenvalue weighted by atomic mass is 10.2. The molecule has 1 aliphatic carbocycles. The summed E-state index contributed by atoms with van der Waals surface area (Å²) >= 11 is 0. The van der Waals surface area contributed by atoms with E-state index < -0.39 is 10.0 Å². The van der Waals surface area contributed by atoms with Gasteiger partial charge >= 0.3 is 0 Å². The topological polar surface area (TPSA) is 88.6 Å². The smallest absolute Gasteiger partial charge is 0.266 e. The van der Waals surface area contributed by atoms with Gasteiger partial charge in [0.25, 0.3) is 10.0 Å². The largest absolute Gasteiger partial charge is 0.497 e. The van der Waals surface area contributed by atoms with Crippen LogP contribution in [0.15, 0.2) is 53.7 Å². The molecule has 7 nitrogen and oxygen atoms in total. The zero-order valence-corrected chi connectivity index (χ0v) is 16.0. The van der Waals surface area contributed by atoms with Gasteiger partial charge in [0.2, 0.25) is 5.91 Å². The van der Waals surface area contributed by atoms with Crippen LogP contribution >= 0.6 is 0 Å². The second kappa shape index (κ2) is 8.39. The minimum Gasteiger partial charge on any atom is -0.497 e. The number of amides is 1. The van der Waals surface area contributed by atoms with Gasteiger partial charge in [-0.05, 0) is 49.2 Å². The maximum atomic E-state index is 13.1. The third kappa shape index (κ3) is 4.57. The highest BCUT2D eigenvalue weighted by atomic mass is 32.2. The summed E-state index contributed by atoms with van der Waals surface area (Å²) in [4.78, 5) is 16.5. The molecule has 1 aromatic carbocycles. The predicted molar refractivity (Wildman–Crippen MR) is 102 cm³/mol. The molecule has 1 fully saturated rings. The molecule has 0 aliphatic heterocycles. The summed E-state index contributed by atoms with van der Waals surface area (Å²) in [7, 11) is -2.40. The highest BCUT2D eigenvalue weighted by molar-refractivity contribution is 7.92. The number of nitrogens with one attached hydrogen (secondary N) is 1. The number of sulfonamides is 1. The molecule has 144 valence electrons. The summed E-state index contributed by atoms with van der Waals surface area (Å²) in [5.74, 6) is 0.290. The van der Waals surface area contributed by atoms with Gasteiger partial charge in [-0.25, -0.2) is 8.42 Å². The van der Waals surface area contributed by atoms with E-state index in [4.69, 9.17) is 4.74 Å². The molecular formula is C19H23N3O4S. The van der Waals surface area contributed by atoms with Crippen molar-refractivity contribution in [1.29, 1.82) is 0 Å². The fourth-order valence-corrected chi connectivity index (χ4v) is 4.55. The Balaban J connectivity index is 1.89. The molecule has 1 heterocycles. The van der Waals surface area contributed by atoms with Crippen molar-refractivity contribution in [3.63, 3.8) is 0 Å². The molecule has 2 aromatic rings. The predicted octanol–water partition coefficient (Wildman–Crippen LogP) is 2.34. The second-order valence-corrected chi connectivity index (χ2v) is 8.31. The molecule has 1 aliphatic rings. The van der Waals surface area contributed by atoms with Crippen LogP contribution in [0.1, 0.15) is 25.7 Å². The zero-order valence-electron chi connectivity index (χ0n) is 15.2. The number of rotatable bonds is 7. The number of benzene rings is 1. The fourth-order valence-electron chi connectivity index (χ4n) is 3.16. The van der Waals surface area contributed by atoms with E-state index in [1.54, 1.807) is 30.3 Å². The van der Waals surface area contributed by atoms with Crippen LogP contribution in [0.2, 0.25) is 0 Å². The van der Waals surface area contributed by atoms with Gasteiger partial charge in [0.1, 0.15) is 17.2 Å². The highest BCUT2D eigenvalue weighted by Gasteiger charge is 2.28. The number of ether oxygens (including phenoxy) is 1. The summed E-state index contributed by atoms with van der Waals surface area (Å²) < 4.78 is 32.5. The summed E-state index contributed by atoms with van der Waals surface area (Å²) in [5, 5.41) is 2.94. The van der Waals surface area contributed by atoms with E-state index >= 15 is 0 Å². The van der Waals surface area contributed by atoms with Crippen molar-refractivity contribution in [2.45, 2.75) is 36.6 Å². The molecule has 1 amide bonds. The lowest BCUT2D eigenvalue weighted by molar-refractivity contribution is -0.120. The Hall–Kier alpha value is -2.61. The number of aromatic nitrogens is 1. The van der Waals surface area contributed by atoms with Crippen LogP contribution in [0, 0.1) is 0 Å². The molecule has 0 bridgehead atoms. The number of nitrogens with zero attached hydrogens (tertiary/aromatic N) is 2. The molecule has 3 rings (SSSR count). The average Bonchev–Trinajstić information content (AvgIpc) is 3.20. The molecule has 0 saturated heterocycles. The highest BCUT2D eigenvalue weighted by Crippen LogP contribution is 2.25. The van der Waals surface area contributed by atoms with Crippen molar-refractivity contribution in [2.75, 3.05) is 18.0 Å². The number of methoxy groups -OCH3 is 1. The molecule has 1 aromatic heterocycles. The third-order valence-electron chi connectivity index (χ3n) is 4.59. The molecule has 0 atom stereocenters. The van der Waals surface area contributed by atoms with Gasteiger partial charge in [-0.3, -0.25) is 14.1 Å². The summed E-state index contributed by atoms with van der Waals surface area (Å²) in [6, 6.07) is 9.71. The Bertz CT molecular complexity index is 864. The first kappa shape index (κ1) is 19.2. The van der Waals surface area contributed by atoms with E-state index in [1.807, 2.05) is 0 Å². The molecule has 8 heteroatoms. The maximum absolute atomic E-state index is 13.1. The second-order valence-electron chi connectivity index (χ2n) is 6.45. The van der Waals surface area contributed by atoms with Crippen LogP contribution in [0.3, 0.4) is 0 Å². The molecule has 1 saturated carbocycles. The zero-order chi connectivity index (χ0) is 19.3. The molecule has 27 heavy (non-hydrogen) atoms. The van der Waals surface area contributed by atoms with E-state index in [0.29, 0.717) is 11.4 Å². The molecule has 0 radical (unpaired) electrons. The van der Waals surface area contributed by atoms with Gasteiger partial charge in [-0.1, -0.05) is 12.8 Å². The average molecular weight is 389 g/mol. The van der Waals surface area contributed by atoms with Crippen LogP contribution in [0.4, 0.5) is 5.69 Å². The van der Waals surface area contributed by atoms with Gasteiger partial charge in [-0.15, -0.1) is 0 Å². The first-order valence-electron chi connectivity index (χ1n) is 8.87. The van der Waals surface area contributed by atoms with Crippen molar-refractivity contribution in [3.8, 4) is 5.75 Å². The Kier molecular flexibility index (Phi) is 5.95. The third-order valence-corrected chi connectivity index (χ3v) is 6.35. The Labute approximate surface area is 159 Å². The van der Waals surface area contributed by atoms with Crippen LogP contribution in [0.25, 0.3) is 0 Å². The molecule has 1 N–H and O–H groups in total. The van der Waals surface area contributed by atoms with Crippen molar-refractivity contribution >= 4 is 21.6 Å². The SMILES string of the molecule is COc1ccc(N(CC(=O)NC2CCCC2)S(=O)(=O)c2cccnc2)cc1. The minimum atomic E-state index is -3.93. The molecular weight excluding hydrogens is 366 g/mol. The number of anilines is 1. The van der Waals surface area contributed by atoms with Gasteiger partial charge in [0.05, 0.1) is 12.8 Å². The monoisotopic (exact) mass is 389 g/mol. The normalized spacial score (nSPS) is 14.7. The number of pyridine rings is 1. The summed E-state index contributed by atoms with van der Waals surface area (Å²) in [6.45, 7) is -0.292. The standard InChI is InChI=1S/C19H23N3O4S/c1-26-17-10-8-16(9-11-17)22(14-19(23)21-15-5-2-3-6-15)27(24,25)18-7-4-12-20-13-18/h4,7-13,15H,2-3,5-6,14H2,1H3,(H,21,23). The number of hydrogen-bond acceptors (Lipinski definition) is 5. The lowest BCUT2D eigenvalue weighted by Gasteiger charge is -2.25. The van der Waals surface area contributed by atoms with E-state index in [-0.39, 0.29) is 23.4 Å². The van der Waals surface area contributed by atoms with Crippen LogP contribution in [-0.2, 0) is 14.8 Å². The number of carbonyl (C=O) groups is 1. The Morgan fingerprint density at radius 2 is 1.93 bits per heavy atom. The van der Waals surface area contributed by atoms with E-state index in [2.05, 4.69) is 10.3 Å². The van der Waals surface area contributed by atoms with Gasteiger partial charge < -0.3 is 10.1 Å². The van der Waals surface area contributed by atoms with Crippen LogP contribution in [-0.4, -0.2) is 39.0 Å². The molecule has 0 spiro atoms. The summed E-state index contributed by atoms with van der Waals surface area (Å²) in [6.07, 6.45) is 6.82. The van der Waals surface area contributed by atoms with Crippen molar-refractivity contribution in [1.82, 2.24) is 10.3 Å². The van der Waals surface area contributed by atoms with Crippen LogP contribution < -0.4 is 14.4 Å². The van der Waals surface area contributed by atoms with Gasteiger partial charge in [0.15, 0.2) is 0 Å². The van der Waals surface area contributed by atoms with Crippen molar-refractivity contribution in [3.05, 3.63) is 48.8 Å². The number of carbonyl (C=O) groups excluding carboxylic acids is 1. The summed E-state index contributed by atoms with van der Waals surface area (Å²) in [5.41, 5.74) is 0.390. The lowest BCUT2D eigenvalue weighted by Crippen LogP contribution is -2.43. The van der Waals surface area contributed by atoms with E-state index in [0.717, 1.165) is 30.0 Å². The van der Waals surface area contributed by atoms with Gasteiger partial charge in [-0.2, -0.15) is 0 Å². The minimum absolute atomic E-state index is 0.0366. The van der Waals surface area contributed by atoms with E-state index in [9.17, 15) is 13.2 Å². The van der Waals surface area contributed by atoms with Gasteiger partial charge in [0, 0.05) is 18.4 Å². The maximum Gasteiger partial charge on any atom is 0.266 e. The molecule has 0 unspecified atom stereocenters. The Morgan fingerprint density at radius 3 is 2.52 bits per heavy atom. The number of hydrogen-bond donors (Lipinski definition) is 1. The first-order chi connectivity index (χ1) is 13.0. The van der Waals surface area contributed by atoms with E-state index in [1.165, 1.54) is 25.6 Å². The van der Waals surface area contributed by atoms with Crippen molar-refractivity contribution < 1.29 is 17.9 Å². The van der Waals surface area contributed by atoms with Crippen LogP contribution in [0.5, 0.6) is 5.75 Å². The quantitative estimate of drug-likeness (QED) is 0.785. The van der Waals surface area contributed by atoms with Crippen molar-refractivity contribution in [2.24, 2.45) is 0 Å². The first-order valence-corrected chi connectivity index (χ1v) is 10.3. The fraction of sp³-hybridized carbons (Fsp3) is 0.368.